The summed E-state index contributed by atoms with van der Waals surface area (Å²) >= 11 is 2.25. The van der Waals surface area contributed by atoms with E-state index in [4.69, 9.17) is 0 Å². The van der Waals surface area contributed by atoms with Crippen LogP contribution >= 0.6 is 22.6 Å². The average molecular weight is 315 g/mol. The van der Waals surface area contributed by atoms with Gasteiger partial charge in [0.15, 0.2) is 0 Å². The number of halogens is 1. The molecule has 1 N–H and O–H groups in total. The fourth-order valence-electron chi connectivity index (χ4n) is 1.52. The van der Waals surface area contributed by atoms with Gasteiger partial charge in [0.2, 0.25) is 5.91 Å². The lowest BCUT2D eigenvalue weighted by molar-refractivity contribution is -0.117. The first-order valence-corrected chi connectivity index (χ1v) is 6.21. The van der Waals surface area contributed by atoms with Crippen LogP contribution in [0.1, 0.15) is 26.2 Å². The van der Waals surface area contributed by atoms with Gasteiger partial charge in [0.05, 0.1) is 0 Å². The molecule has 0 atom stereocenters. The van der Waals surface area contributed by atoms with Crippen molar-refractivity contribution in [3.63, 3.8) is 0 Å². The zero-order chi connectivity index (χ0) is 10.9. The Morgan fingerprint density at radius 2 is 2.00 bits per heavy atom. The molecule has 1 saturated carbocycles. The summed E-state index contributed by atoms with van der Waals surface area (Å²) in [5.74, 6) is 0.135. The SMILES string of the molecule is CC1(CC(=O)Nc2ccc(I)cc2)CC1. The van der Waals surface area contributed by atoms with Gasteiger partial charge in [-0.2, -0.15) is 0 Å². The molecule has 1 amide bonds. The molecule has 2 nitrogen and oxygen atoms in total. The van der Waals surface area contributed by atoms with E-state index in [0.29, 0.717) is 6.42 Å². The summed E-state index contributed by atoms with van der Waals surface area (Å²) in [6.45, 7) is 2.17. The number of hydrogen-bond donors (Lipinski definition) is 1. The standard InChI is InChI=1S/C12H14INO/c1-12(6-7-12)8-11(15)14-10-4-2-9(13)3-5-10/h2-5H,6-8H2,1H3,(H,14,15). The topological polar surface area (TPSA) is 29.1 Å². The molecule has 0 heterocycles. The highest BCUT2D eigenvalue weighted by atomic mass is 127. The minimum Gasteiger partial charge on any atom is -0.326 e. The summed E-state index contributed by atoms with van der Waals surface area (Å²) in [5, 5.41) is 2.92. The van der Waals surface area contributed by atoms with Crippen molar-refractivity contribution in [3.05, 3.63) is 27.8 Å². The Morgan fingerprint density at radius 3 is 2.53 bits per heavy atom. The van der Waals surface area contributed by atoms with E-state index in [1.165, 1.54) is 16.4 Å². The van der Waals surface area contributed by atoms with Gasteiger partial charge in [-0.3, -0.25) is 4.79 Å². The van der Waals surface area contributed by atoms with Gasteiger partial charge in [0.25, 0.3) is 0 Å². The number of nitrogens with one attached hydrogen (secondary N) is 1. The molecular weight excluding hydrogens is 301 g/mol. The highest BCUT2D eigenvalue weighted by Gasteiger charge is 2.39. The van der Waals surface area contributed by atoms with Crippen LogP contribution in [0, 0.1) is 8.99 Å². The molecule has 0 aliphatic heterocycles. The molecule has 80 valence electrons. The highest BCUT2D eigenvalue weighted by molar-refractivity contribution is 14.1. The Hall–Kier alpha value is -0.580. The van der Waals surface area contributed by atoms with Gasteiger partial charge in [-0.15, -0.1) is 0 Å². The van der Waals surface area contributed by atoms with E-state index >= 15 is 0 Å². The van der Waals surface area contributed by atoms with Crippen LogP contribution in [-0.2, 0) is 4.79 Å². The number of amides is 1. The van der Waals surface area contributed by atoms with Crippen LogP contribution in [0.2, 0.25) is 0 Å². The fourth-order valence-corrected chi connectivity index (χ4v) is 1.88. The number of carbonyl (C=O) groups is 1. The van der Waals surface area contributed by atoms with Crippen LogP contribution in [0.15, 0.2) is 24.3 Å². The van der Waals surface area contributed by atoms with Gasteiger partial charge in [0.1, 0.15) is 0 Å². The zero-order valence-corrected chi connectivity index (χ0v) is 10.9. The molecule has 1 aromatic rings. The molecule has 15 heavy (non-hydrogen) atoms. The van der Waals surface area contributed by atoms with Crippen molar-refractivity contribution in [3.8, 4) is 0 Å². The molecule has 0 bridgehead atoms. The van der Waals surface area contributed by atoms with Gasteiger partial charge >= 0.3 is 0 Å². The van der Waals surface area contributed by atoms with E-state index < -0.39 is 0 Å². The molecule has 1 aromatic carbocycles. The highest BCUT2D eigenvalue weighted by Crippen LogP contribution is 2.48. The Morgan fingerprint density at radius 1 is 1.40 bits per heavy atom. The summed E-state index contributed by atoms with van der Waals surface area (Å²) in [4.78, 5) is 11.6. The van der Waals surface area contributed by atoms with Crippen molar-refractivity contribution in [2.75, 3.05) is 5.32 Å². The maximum absolute atomic E-state index is 11.6. The lowest BCUT2D eigenvalue weighted by atomic mass is 10.1. The minimum absolute atomic E-state index is 0.135. The Kier molecular flexibility index (Phi) is 3.00. The number of carbonyl (C=O) groups excluding carboxylic acids is 1. The van der Waals surface area contributed by atoms with Crippen LogP contribution in [0.25, 0.3) is 0 Å². The second-order valence-electron chi connectivity index (χ2n) is 4.54. The van der Waals surface area contributed by atoms with E-state index in [1.807, 2.05) is 24.3 Å². The first kappa shape index (κ1) is 10.9. The first-order chi connectivity index (χ1) is 7.07. The molecule has 1 fully saturated rings. The van der Waals surface area contributed by atoms with Crippen LogP contribution in [0.3, 0.4) is 0 Å². The molecule has 0 aromatic heterocycles. The van der Waals surface area contributed by atoms with Gasteiger partial charge in [-0.25, -0.2) is 0 Å². The van der Waals surface area contributed by atoms with Crippen molar-refractivity contribution in [2.24, 2.45) is 5.41 Å². The van der Waals surface area contributed by atoms with Crippen molar-refractivity contribution in [1.29, 1.82) is 0 Å². The molecule has 0 saturated heterocycles. The van der Waals surface area contributed by atoms with Crippen LogP contribution < -0.4 is 5.32 Å². The average Bonchev–Trinajstić information content (AvgIpc) is 2.87. The van der Waals surface area contributed by atoms with Crippen LogP contribution in [0.4, 0.5) is 5.69 Å². The maximum Gasteiger partial charge on any atom is 0.224 e. The predicted molar refractivity (Wildman–Crippen MR) is 69.7 cm³/mol. The summed E-state index contributed by atoms with van der Waals surface area (Å²) in [6.07, 6.45) is 3.03. The van der Waals surface area contributed by atoms with Crippen molar-refractivity contribution < 1.29 is 4.79 Å². The second-order valence-corrected chi connectivity index (χ2v) is 5.79. The Bertz CT molecular complexity index is 368. The molecule has 2 rings (SSSR count). The lowest BCUT2D eigenvalue weighted by Gasteiger charge is -2.08. The van der Waals surface area contributed by atoms with Crippen molar-refractivity contribution in [1.82, 2.24) is 0 Å². The normalized spacial score (nSPS) is 17.2. The Labute approximate surface area is 104 Å². The third-order valence-electron chi connectivity index (χ3n) is 2.82. The van der Waals surface area contributed by atoms with Gasteiger partial charge in [-0.1, -0.05) is 6.92 Å². The molecule has 0 radical (unpaired) electrons. The van der Waals surface area contributed by atoms with Gasteiger partial charge in [-0.05, 0) is 65.1 Å². The van der Waals surface area contributed by atoms with Gasteiger partial charge < -0.3 is 5.32 Å². The van der Waals surface area contributed by atoms with Crippen molar-refractivity contribution >= 4 is 34.2 Å². The molecule has 1 aliphatic carbocycles. The van der Waals surface area contributed by atoms with E-state index in [-0.39, 0.29) is 11.3 Å². The Balaban J connectivity index is 1.91. The van der Waals surface area contributed by atoms with Crippen molar-refractivity contribution in [2.45, 2.75) is 26.2 Å². The van der Waals surface area contributed by atoms with E-state index in [2.05, 4.69) is 34.8 Å². The predicted octanol–water partition coefficient (Wildman–Crippen LogP) is 3.42. The summed E-state index contributed by atoms with van der Waals surface area (Å²) in [5.41, 5.74) is 1.18. The minimum atomic E-state index is 0.135. The zero-order valence-electron chi connectivity index (χ0n) is 8.72. The largest absolute Gasteiger partial charge is 0.326 e. The summed E-state index contributed by atoms with van der Waals surface area (Å²) < 4.78 is 1.18. The molecule has 3 heteroatoms. The number of anilines is 1. The van der Waals surface area contributed by atoms with E-state index in [9.17, 15) is 4.79 Å². The molecule has 1 aliphatic rings. The van der Waals surface area contributed by atoms with Crippen LogP contribution in [0.5, 0.6) is 0 Å². The first-order valence-electron chi connectivity index (χ1n) is 5.13. The third-order valence-corrected chi connectivity index (χ3v) is 3.54. The monoisotopic (exact) mass is 315 g/mol. The number of benzene rings is 1. The molecule has 0 unspecified atom stereocenters. The number of rotatable bonds is 3. The number of hydrogen-bond acceptors (Lipinski definition) is 1. The lowest BCUT2D eigenvalue weighted by Crippen LogP contribution is -2.15. The maximum atomic E-state index is 11.6. The van der Waals surface area contributed by atoms with E-state index in [1.54, 1.807) is 0 Å². The summed E-state index contributed by atoms with van der Waals surface area (Å²) in [6, 6.07) is 7.87. The molecule has 0 spiro atoms. The smallest absolute Gasteiger partial charge is 0.224 e. The third kappa shape index (κ3) is 3.19. The quantitative estimate of drug-likeness (QED) is 0.851. The van der Waals surface area contributed by atoms with Gasteiger partial charge in [0, 0.05) is 15.7 Å². The second kappa shape index (κ2) is 4.12. The van der Waals surface area contributed by atoms with E-state index in [0.717, 1.165) is 5.69 Å². The fraction of sp³-hybridized carbons (Fsp3) is 0.417. The molecular formula is C12H14INO. The summed E-state index contributed by atoms with van der Waals surface area (Å²) in [7, 11) is 0. The van der Waals surface area contributed by atoms with Crippen LogP contribution in [-0.4, -0.2) is 5.91 Å².